The summed E-state index contributed by atoms with van der Waals surface area (Å²) in [7, 11) is 0. The summed E-state index contributed by atoms with van der Waals surface area (Å²) in [6.07, 6.45) is 5.29. The Morgan fingerprint density at radius 3 is 1.06 bits per heavy atom. The Labute approximate surface area is 207 Å². The molecule has 9 nitrogen and oxygen atoms in total. The second kappa shape index (κ2) is 9.81. The largest absolute Gasteiger partial charge is 0.298 e. The van der Waals surface area contributed by atoms with Gasteiger partial charge < -0.3 is 0 Å². The second-order valence-corrected chi connectivity index (χ2v) is 8.17. The fourth-order valence-corrected chi connectivity index (χ4v) is 4.09. The van der Waals surface area contributed by atoms with Gasteiger partial charge in [0.05, 0.1) is 0 Å². The maximum atomic E-state index is 4.44. The smallest absolute Gasteiger partial charge is 0.188 e. The summed E-state index contributed by atoms with van der Waals surface area (Å²) in [4.78, 5) is 0. The van der Waals surface area contributed by atoms with E-state index in [0.717, 1.165) is 16.7 Å². The fourth-order valence-electron chi connectivity index (χ4n) is 3.43. The highest BCUT2D eigenvalue weighted by Gasteiger charge is 2.20. The van der Waals surface area contributed by atoms with Crippen LogP contribution in [0.25, 0.3) is 34.2 Å². The molecule has 0 spiro atoms. The molecule has 3 aromatic heterocycles. The van der Waals surface area contributed by atoms with Crippen LogP contribution in [0.2, 0.25) is 0 Å². The van der Waals surface area contributed by atoms with Crippen LogP contribution < -0.4 is 0 Å². The van der Waals surface area contributed by atoms with Gasteiger partial charge in [-0.1, -0.05) is 18.2 Å². The summed E-state index contributed by atoms with van der Waals surface area (Å²) < 4.78 is 5.57. The van der Waals surface area contributed by atoms with E-state index in [1.165, 1.54) is 0 Å². The topological polar surface area (TPSA) is 92.1 Å². The molecule has 0 saturated carbocycles. The van der Waals surface area contributed by atoms with E-state index in [-0.39, 0.29) is 0 Å². The van der Waals surface area contributed by atoms with Gasteiger partial charge in [-0.05, 0) is 18.2 Å². The van der Waals surface area contributed by atoms with E-state index >= 15 is 0 Å². The first-order valence-corrected chi connectivity index (χ1v) is 11.2. The van der Waals surface area contributed by atoms with Crippen molar-refractivity contribution in [2.45, 2.75) is 35.1 Å². The van der Waals surface area contributed by atoms with E-state index in [4.69, 9.17) is 0 Å². The van der Waals surface area contributed by atoms with E-state index in [2.05, 4.69) is 88.2 Å². The van der Waals surface area contributed by atoms with E-state index < -0.39 is 0 Å². The van der Waals surface area contributed by atoms with Crippen LogP contribution in [0.15, 0.2) is 71.6 Å². The molecular formula is C21H21N9S3. The molecule has 0 fully saturated rings. The Balaban J connectivity index is 1.98. The zero-order valence-electron chi connectivity index (χ0n) is 17.6. The summed E-state index contributed by atoms with van der Waals surface area (Å²) in [6, 6.07) is 5.90. The molecule has 0 amide bonds. The first kappa shape index (κ1) is 23.1. The van der Waals surface area contributed by atoms with Crippen LogP contribution in [0.1, 0.15) is 0 Å². The minimum atomic E-state index is 0.483. The predicted octanol–water partition coefficient (Wildman–Crippen LogP) is 3.89. The number of rotatable bonds is 9. The minimum Gasteiger partial charge on any atom is -0.298 e. The van der Waals surface area contributed by atoms with E-state index in [0.29, 0.717) is 52.6 Å². The lowest BCUT2D eigenvalue weighted by Crippen LogP contribution is -2.03. The number of allylic oxidation sites excluding steroid dienone is 3. The zero-order valence-corrected chi connectivity index (χ0v) is 20.3. The van der Waals surface area contributed by atoms with Gasteiger partial charge >= 0.3 is 0 Å². The van der Waals surface area contributed by atoms with Crippen LogP contribution in [0, 0.1) is 0 Å². The first-order chi connectivity index (χ1) is 16.0. The predicted molar refractivity (Wildman–Crippen MR) is 136 cm³/mol. The third-order valence-electron chi connectivity index (χ3n) is 4.84. The van der Waals surface area contributed by atoms with Crippen LogP contribution in [0.4, 0.5) is 0 Å². The summed E-state index contributed by atoms with van der Waals surface area (Å²) in [6.45, 7) is 13.0. The summed E-state index contributed by atoms with van der Waals surface area (Å²) in [5, 5.41) is 26.9. The lowest BCUT2D eigenvalue weighted by molar-refractivity contribution is 0.731. The van der Waals surface area contributed by atoms with Crippen LogP contribution in [-0.4, -0.2) is 44.3 Å². The summed E-state index contributed by atoms with van der Waals surface area (Å²) in [5.41, 5.74) is 2.37. The molecule has 0 atom stereocenters. The monoisotopic (exact) mass is 495 g/mol. The number of benzene rings is 1. The van der Waals surface area contributed by atoms with Gasteiger partial charge in [-0.15, -0.1) is 88.2 Å². The molecule has 0 saturated heterocycles. The number of thiol groups is 3. The van der Waals surface area contributed by atoms with Crippen molar-refractivity contribution in [2.75, 3.05) is 0 Å². The molecule has 168 valence electrons. The molecule has 33 heavy (non-hydrogen) atoms. The standard InChI is InChI=1S/C21H21N9S3/c1-4-7-28-16(22-25-19(28)31)13-10-14(17-23-26-20(32)29(17)8-5-2)12-15(11-13)18-24-27-21(33)30(18)9-6-3/h4-6,10-12H,1-3,7-9H2,(H,25,31)(H,26,32)(H,27,33). The number of nitrogens with zero attached hydrogens (tertiary/aromatic N) is 9. The van der Waals surface area contributed by atoms with Crippen molar-refractivity contribution in [2.24, 2.45) is 0 Å². The molecule has 0 unspecified atom stereocenters. The molecule has 3 heterocycles. The lowest BCUT2D eigenvalue weighted by atomic mass is 10.0. The molecule has 1 aromatic carbocycles. The van der Waals surface area contributed by atoms with Crippen LogP contribution in [0.5, 0.6) is 0 Å². The highest BCUT2D eigenvalue weighted by atomic mass is 32.1. The summed E-state index contributed by atoms with van der Waals surface area (Å²) in [5.74, 6) is 1.89. The van der Waals surface area contributed by atoms with E-state index in [9.17, 15) is 0 Å². The van der Waals surface area contributed by atoms with Gasteiger partial charge in [-0.2, -0.15) is 0 Å². The molecule has 4 aromatic rings. The van der Waals surface area contributed by atoms with Gasteiger partial charge in [0.25, 0.3) is 0 Å². The Kier molecular flexibility index (Phi) is 6.86. The van der Waals surface area contributed by atoms with Crippen LogP contribution in [-0.2, 0) is 19.6 Å². The van der Waals surface area contributed by atoms with Gasteiger partial charge in [0.2, 0.25) is 0 Å². The highest BCUT2D eigenvalue weighted by molar-refractivity contribution is 7.80. The van der Waals surface area contributed by atoms with Gasteiger partial charge in [-0.3, -0.25) is 13.7 Å². The van der Waals surface area contributed by atoms with Crippen molar-refractivity contribution in [1.29, 1.82) is 0 Å². The van der Waals surface area contributed by atoms with E-state index in [1.54, 1.807) is 18.2 Å². The average molecular weight is 496 g/mol. The Bertz CT molecular complexity index is 1170. The molecule has 0 N–H and O–H groups in total. The Morgan fingerprint density at radius 2 is 0.818 bits per heavy atom. The van der Waals surface area contributed by atoms with Crippen LogP contribution in [0.3, 0.4) is 0 Å². The van der Waals surface area contributed by atoms with E-state index in [1.807, 2.05) is 31.9 Å². The minimum absolute atomic E-state index is 0.483. The molecule has 4 rings (SSSR count). The van der Waals surface area contributed by atoms with Crippen molar-refractivity contribution in [3.63, 3.8) is 0 Å². The maximum absolute atomic E-state index is 4.44. The van der Waals surface area contributed by atoms with Crippen molar-refractivity contribution in [1.82, 2.24) is 44.3 Å². The normalized spacial score (nSPS) is 11.0. The van der Waals surface area contributed by atoms with Crippen molar-refractivity contribution < 1.29 is 0 Å². The van der Waals surface area contributed by atoms with Crippen molar-refractivity contribution in [3.8, 4) is 34.2 Å². The van der Waals surface area contributed by atoms with Gasteiger partial charge in [0.15, 0.2) is 32.9 Å². The fraction of sp³-hybridized carbons (Fsp3) is 0.143. The van der Waals surface area contributed by atoms with Crippen molar-refractivity contribution in [3.05, 3.63) is 56.2 Å². The third-order valence-corrected chi connectivity index (χ3v) is 5.83. The Morgan fingerprint density at radius 1 is 0.545 bits per heavy atom. The van der Waals surface area contributed by atoms with Crippen molar-refractivity contribution >= 4 is 37.9 Å². The quantitative estimate of drug-likeness (QED) is 0.241. The van der Waals surface area contributed by atoms with Gasteiger partial charge in [0.1, 0.15) is 0 Å². The Hall–Kier alpha value is -3.09. The zero-order chi connectivity index (χ0) is 23.5. The highest BCUT2D eigenvalue weighted by Crippen LogP contribution is 2.33. The average Bonchev–Trinajstić information content (AvgIpc) is 3.47. The molecule has 0 bridgehead atoms. The van der Waals surface area contributed by atoms with Gasteiger partial charge in [-0.25, -0.2) is 0 Å². The molecule has 0 aliphatic heterocycles. The van der Waals surface area contributed by atoms with Crippen LogP contribution >= 0.6 is 37.9 Å². The first-order valence-electron chi connectivity index (χ1n) is 9.83. The number of hydrogen-bond donors (Lipinski definition) is 3. The molecule has 0 radical (unpaired) electrons. The molecular weight excluding hydrogens is 474 g/mol. The number of hydrogen-bond acceptors (Lipinski definition) is 9. The molecule has 0 aliphatic carbocycles. The number of aromatic nitrogens is 9. The van der Waals surface area contributed by atoms with Gasteiger partial charge in [0, 0.05) is 36.3 Å². The summed E-state index contributed by atoms with van der Waals surface area (Å²) >= 11 is 13.3. The SMILES string of the molecule is C=CCn1c(S)nnc1-c1cc(-c2nnc(S)n2CC=C)cc(-c2nnc(S)n2CC=C)c1. The lowest BCUT2D eigenvalue weighted by Gasteiger charge is -2.12. The third kappa shape index (κ3) is 4.41. The molecule has 12 heteroatoms. The molecule has 0 aliphatic rings. The maximum Gasteiger partial charge on any atom is 0.188 e. The second-order valence-electron chi connectivity index (χ2n) is 6.97.